The minimum absolute atomic E-state index is 0.0313. The van der Waals surface area contributed by atoms with Gasteiger partial charge in [0.1, 0.15) is 5.75 Å². The van der Waals surface area contributed by atoms with Crippen molar-refractivity contribution in [1.29, 1.82) is 0 Å². The van der Waals surface area contributed by atoms with E-state index < -0.39 is 11.7 Å². The van der Waals surface area contributed by atoms with Crippen molar-refractivity contribution < 1.29 is 22.7 Å². The monoisotopic (exact) mass is 437 g/mol. The van der Waals surface area contributed by atoms with Crippen LogP contribution in [-0.2, 0) is 16.4 Å². The molecule has 0 unspecified atom stereocenters. The van der Waals surface area contributed by atoms with Crippen molar-refractivity contribution in [3.8, 4) is 5.75 Å². The molecule has 1 saturated carbocycles. The van der Waals surface area contributed by atoms with E-state index >= 15 is 0 Å². The van der Waals surface area contributed by atoms with Gasteiger partial charge in [0.15, 0.2) is 0 Å². The molecule has 0 radical (unpaired) electrons. The van der Waals surface area contributed by atoms with E-state index in [1.807, 2.05) is 6.92 Å². The van der Waals surface area contributed by atoms with E-state index in [1.54, 1.807) is 30.3 Å². The number of nitrogens with one attached hydrogen (secondary N) is 1. The zero-order valence-corrected chi connectivity index (χ0v) is 17.3. The molecule has 1 spiro atoms. The predicted octanol–water partition coefficient (Wildman–Crippen LogP) is 6.45. The van der Waals surface area contributed by atoms with E-state index in [0.29, 0.717) is 23.1 Å². The first-order chi connectivity index (χ1) is 14.2. The first-order valence-corrected chi connectivity index (χ1v) is 10.5. The van der Waals surface area contributed by atoms with Gasteiger partial charge in [0.25, 0.3) is 0 Å². The van der Waals surface area contributed by atoms with E-state index in [9.17, 15) is 18.0 Å². The number of benzene rings is 2. The maximum absolute atomic E-state index is 13.0. The first kappa shape index (κ1) is 21.0. The fourth-order valence-electron chi connectivity index (χ4n) is 4.66. The third kappa shape index (κ3) is 4.02. The summed E-state index contributed by atoms with van der Waals surface area (Å²) in [6.45, 7) is 2.34. The minimum atomic E-state index is -4.38. The molecule has 0 bridgehead atoms. The highest BCUT2D eigenvalue weighted by molar-refractivity contribution is 6.30. The molecule has 2 aromatic carbocycles. The number of fused-ring (bicyclic) bond motifs is 2. The normalized spacial score (nSPS) is 24.2. The van der Waals surface area contributed by atoms with Gasteiger partial charge >= 0.3 is 6.18 Å². The largest absolute Gasteiger partial charge is 0.492 e. The second-order valence-electron chi connectivity index (χ2n) is 8.40. The third-order valence-corrected chi connectivity index (χ3v) is 6.86. The number of halogens is 4. The number of carbonyl (C=O) groups is 1. The summed E-state index contributed by atoms with van der Waals surface area (Å²) in [4.78, 5) is 12.7. The van der Waals surface area contributed by atoms with Crippen molar-refractivity contribution in [2.75, 3.05) is 11.9 Å². The molecule has 2 aliphatic rings. The van der Waals surface area contributed by atoms with Gasteiger partial charge in [-0.3, -0.25) is 4.79 Å². The van der Waals surface area contributed by atoms with E-state index in [-0.39, 0.29) is 23.2 Å². The zero-order valence-electron chi connectivity index (χ0n) is 16.6. The number of carbonyl (C=O) groups excluding carboxylic acids is 1. The molecule has 7 heteroatoms. The molecule has 4 rings (SSSR count). The molecule has 2 aromatic rings. The summed E-state index contributed by atoms with van der Waals surface area (Å²) in [5.41, 5.74) is 0.649. The number of rotatable bonds is 3. The standard InChI is InChI=1S/C23H23ClF3NO2/c1-14(21(29)28-18-5-3-17(24)4-6-18)15-8-10-22(11-9-15)13-30-20-12-16(23(25,26)27)2-7-19(20)22/h2-7,12,14-15H,8-11,13H2,1H3,(H,28,29)/t14-,15-,22+/m0/s1. The highest BCUT2D eigenvalue weighted by Crippen LogP contribution is 2.51. The second-order valence-corrected chi connectivity index (χ2v) is 8.84. The van der Waals surface area contributed by atoms with Gasteiger partial charge in [-0.15, -0.1) is 0 Å². The van der Waals surface area contributed by atoms with Gasteiger partial charge in [-0.1, -0.05) is 24.6 Å². The van der Waals surface area contributed by atoms with Crippen LogP contribution >= 0.6 is 11.6 Å². The van der Waals surface area contributed by atoms with Crippen LogP contribution in [0.15, 0.2) is 42.5 Å². The molecule has 1 aliphatic carbocycles. The maximum Gasteiger partial charge on any atom is 0.416 e. The molecule has 3 nitrogen and oxygen atoms in total. The van der Waals surface area contributed by atoms with Crippen LogP contribution in [0.5, 0.6) is 5.75 Å². The average Bonchev–Trinajstić information content (AvgIpc) is 3.07. The molecule has 1 atom stereocenters. The average molecular weight is 438 g/mol. The van der Waals surface area contributed by atoms with E-state index in [0.717, 1.165) is 43.4 Å². The van der Waals surface area contributed by atoms with Gasteiger partial charge in [-0.25, -0.2) is 0 Å². The van der Waals surface area contributed by atoms with Crippen LogP contribution in [0, 0.1) is 11.8 Å². The lowest BCUT2D eigenvalue weighted by Gasteiger charge is -2.38. The Morgan fingerprint density at radius 1 is 1.17 bits per heavy atom. The SMILES string of the molecule is C[C@H](C(=O)Nc1ccc(Cl)cc1)[C@H]1CC[C@@]2(CC1)COc1cc(C(F)(F)F)ccc12. The summed E-state index contributed by atoms with van der Waals surface area (Å²) in [5.74, 6) is 0.377. The van der Waals surface area contributed by atoms with Gasteiger partial charge in [-0.05, 0) is 68.0 Å². The van der Waals surface area contributed by atoms with Gasteiger partial charge in [0.2, 0.25) is 5.91 Å². The Balaban J connectivity index is 1.41. The molecule has 1 heterocycles. The van der Waals surface area contributed by atoms with Gasteiger partial charge in [0, 0.05) is 27.6 Å². The van der Waals surface area contributed by atoms with Gasteiger partial charge in [-0.2, -0.15) is 13.2 Å². The van der Waals surface area contributed by atoms with Crippen LogP contribution in [0.4, 0.5) is 18.9 Å². The summed E-state index contributed by atoms with van der Waals surface area (Å²) in [6, 6.07) is 10.8. The van der Waals surface area contributed by atoms with Gasteiger partial charge in [0.05, 0.1) is 12.2 Å². The number of hydrogen-bond acceptors (Lipinski definition) is 2. The number of alkyl halides is 3. The highest BCUT2D eigenvalue weighted by Gasteiger charge is 2.45. The number of anilines is 1. The Kier molecular flexibility index (Phi) is 5.47. The Hall–Kier alpha value is -2.21. The number of amides is 1. The first-order valence-electron chi connectivity index (χ1n) is 10.1. The van der Waals surface area contributed by atoms with Crippen LogP contribution < -0.4 is 10.1 Å². The summed E-state index contributed by atoms with van der Waals surface area (Å²) in [7, 11) is 0. The van der Waals surface area contributed by atoms with Crippen molar-refractivity contribution >= 4 is 23.2 Å². The Morgan fingerprint density at radius 2 is 1.83 bits per heavy atom. The smallest absolute Gasteiger partial charge is 0.416 e. The van der Waals surface area contributed by atoms with Crippen LogP contribution in [0.25, 0.3) is 0 Å². The molecule has 1 aliphatic heterocycles. The minimum Gasteiger partial charge on any atom is -0.492 e. The van der Waals surface area contributed by atoms with E-state index in [1.165, 1.54) is 0 Å². The van der Waals surface area contributed by atoms with Crippen molar-refractivity contribution in [2.45, 2.75) is 44.2 Å². The summed E-state index contributed by atoms with van der Waals surface area (Å²) in [5, 5.41) is 3.55. The van der Waals surface area contributed by atoms with Crippen molar-refractivity contribution in [3.05, 3.63) is 58.6 Å². The van der Waals surface area contributed by atoms with Crippen LogP contribution in [0.3, 0.4) is 0 Å². The molecular formula is C23H23ClF3NO2. The lowest BCUT2D eigenvalue weighted by atomic mass is 9.65. The number of ether oxygens (including phenoxy) is 1. The third-order valence-electron chi connectivity index (χ3n) is 6.60. The lowest BCUT2D eigenvalue weighted by Crippen LogP contribution is -2.37. The quantitative estimate of drug-likeness (QED) is 0.598. The van der Waals surface area contributed by atoms with Crippen LogP contribution in [0.2, 0.25) is 5.02 Å². The fourth-order valence-corrected chi connectivity index (χ4v) is 4.79. The molecule has 1 amide bonds. The summed E-state index contributed by atoms with van der Waals surface area (Å²) in [6.07, 6.45) is -1.11. The molecule has 30 heavy (non-hydrogen) atoms. The second kappa shape index (κ2) is 7.80. The highest BCUT2D eigenvalue weighted by atomic mass is 35.5. The Morgan fingerprint density at radius 3 is 2.47 bits per heavy atom. The number of hydrogen-bond donors (Lipinski definition) is 1. The molecular weight excluding hydrogens is 415 g/mol. The van der Waals surface area contributed by atoms with Gasteiger partial charge < -0.3 is 10.1 Å². The van der Waals surface area contributed by atoms with Crippen molar-refractivity contribution in [3.63, 3.8) is 0 Å². The topological polar surface area (TPSA) is 38.3 Å². The Bertz CT molecular complexity index is 934. The zero-order chi connectivity index (χ0) is 21.5. The lowest BCUT2D eigenvalue weighted by molar-refractivity contribution is -0.137. The molecule has 0 aromatic heterocycles. The van der Waals surface area contributed by atoms with E-state index in [4.69, 9.17) is 16.3 Å². The molecule has 0 saturated heterocycles. The van der Waals surface area contributed by atoms with Crippen molar-refractivity contribution in [2.24, 2.45) is 11.8 Å². The van der Waals surface area contributed by atoms with Crippen LogP contribution in [-0.4, -0.2) is 12.5 Å². The van der Waals surface area contributed by atoms with Crippen LogP contribution in [0.1, 0.15) is 43.7 Å². The maximum atomic E-state index is 13.0. The Labute approximate surface area is 178 Å². The fraction of sp³-hybridized carbons (Fsp3) is 0.435. The summed E-state index contributed by atoms with van der Waals surface area (Å²) < 4.78 is 44.6. The van der Waals surface area contributed by atoms with Crippen molar-refractivity contribution in [1.82, 2.24) is 0 Å². The molecule has 1 N–H and O–H groups in total. The molecule has 1 fully saturated rings. The molecule has 160 valence electrons. The predicted molar refractivity (Wildman–Crippen MR) is 110 cm³/mol. The van der Waals surface area contributed by atoms with E-state index in [2.05, 4.69) is 5.32 Å². The summed E-state index contributed by atoms with van der Waals surface area (Å²) >= 11 is 5.88.